The highest BCUT2D eigenvalue weighted by Crippen LogP contribution is 2.36. The highest BCUT2D eigenvalue weighted by atomic mass is 35.5. The maximum atomic E-state index is 10.5. The summed E-state index contributed by atoms with van der Waals surface area (Å²) < 4.78 is 5.62. The van der Waals surface area contributed by atoms with Crippen molar-refractivity contribution in [2.24, 2.45) is 11.8 Å². The number of benzene rings is 1. The van der Waals surface area contributed by atoms with Gasteiger partial charge in [0.15, 0.2) is 0 Å². The Morgan fingerprint density at radius 3 is 2.77 bits per heavy atom. The first kappa shape index (κ1) is 25.4. The van der Waals surface area contributed by atoms with Gasteiger partial charge >= 0.3 is 5.97 Å². The van der Waals surface area contributed by atoms with Crippen LogP contribution in [0.5, 0.6) is 5.75 Å². The summed E-state index contributed by atoms with van der Waals surface area (Å²) in [5, 5.41) is 40.1. The van der Waals surface area contributed by atoms with Crippen molar-refractivity contribution in [3.63, 3.8) is 0 Å². The van der Waals surface area contributed by atoms with Crippen molar-refractivity contribution in [1.82, 2.24) is 0 Å². The summed E-state index contributed by atoms with van der Waals surface area (Å²) >= 11 is 5.92. The average molecular weight is 453 g/mol. The Morgan fingerprint density at radius 2 is 2.03 bits per heavy atom. The summed E-state index contributed by atoms with van der Waals surface area (Å²) in [6, 6.07) is 7.17. The van der Waals surface area contributed by atoms with Gasteiger partial charge in [0.25, 0.3) is 0 Å². The summed E-state index contributed by atoms with van der Waals surface area (Å²) in [5.74, 6) is -0.460. The van der Waals surface area contributed by atoms with Crippen LogP contribution in [0.25, 0.3) is 0 Å². The van der Waals surface area contributed by atoms with Gasteiger partial charge in [-0.1, -0.05) is 42.0 Å². The molecule has 1 fully saturated rings. The molecular formula is C24H33ClO6. The molecule has 7 heteroatoms. The van der Waals surface area contributed by atoms with Crippen LogP contribution < -0.4 is 4.74 Å². The van der Waals surface area contributed by atoms with E-state index in [9.17, 15) is 20.1 Å². The molecule has 172 valence electrons. The Balaban J connectivity index is 1.74. The summed E-state index contributed by atoms with van der Waals surface area (Å²) in [6.07, 6.45) is 8.98. The molecule has 0 saturated heterocycles. The predicted octanol–water partition coefficient (Wildman–Crippen LogP) is 3.98. The molecule has 1 aromatic carbocycles. The Kier molecular flexibility index (Phi) is 11.1. The summed E-state index contributed by atoms with van der Waals surface area (Å²) in [6.45, 7) is 0.464. The number of hydrogen-bond donors (Lipinski definition) is 4. The quantitative estimate of drug-likeness (QED) is 0.266. The summed E-state index contributed by atoms with van der Waals surface area (Å²) in [7, 11) is 0. The molecule has 0 aliphatic heterocycles. The summed E-state index contributed by atoms with van der Waals surface area (Å²) in [5.41, 5.74) is 0. The number of hydrogen-bond acceptors (Lipinski definition) is 5. The van der Waals surface area contributed by atoms with Crippen LogP contribution in [0.3, 0.4) is 0 Å². The standard InChI is InChI=1S/C24H33ClO6/c25-17-7-5-9-19(15-17)31-14-6-8-18(26)12-13-21-20(22(27)16-23(21)28)10-3-1-2-4-11-24(29)30/h1,3,5,7,9,12-13,15,18,20-23,26-28H,2,4,6,8,10-11,14,16H2,(H,29,30)/t18-,20+,21+,22-,23+/m0/s1. The van der Waals surface area contributed by atoms with Crippen molar-refractivity contribution < 1.29 is 30.0 Å². The molecule has 1 aromatic rings. The largest absolute Gasteiger partial charge is 0.494 e. The van der Waals surface area contributed by atoms with E-state index in [-0.39, 0.29) is 18.3 Å². The van der Waals surface area contributed by atoms with Crippen molar-refractivity contribution in [2.45, 2.75) is 63.3 Å². The van der Waals surface area contributed by atoms with Crippen LogP contribution >= 0.6 is 11.6 Å². The van der Waals surface area contributed by atoms with Crippen LogP contribution in [0.1, 0.15) is 44.9 Å². The van der Waals surface area contributed by atoms with Crippen LogP contribution in [-0.2, 0) is 4.79 Å². The molecule has 1 aliphatic carbocycles. The van der Waals surface area contributed by atoms with E-state index in [1.54, 1.807) is 18.2 Å². The highest BCUT2D eigenvalue weighted by molar-refractivity contribution is 6.30. The second kappa shape index (κ2) is 13.5. The molecule has 31 heavy (non-hydrogen) atoms. The fraction of sp³-hybridized carbons (Fsp3) is 0.542. The van der Waals surface area contributed by atoms with E-state index < -0.39 is 24.3 Å². The number of halogens is 1. The number of aliphatic hydroxyl groups excluding tert-OH is 3. The van der Waals surface area contributed by atoms with Crippen molar-refractivity contribution >= 4 is 17.6 Å². The first-order valence-electron chi connectivity index (χ1n) is 10.8. The molecule has 0 spiro atoms. The third-order valence-corrected chi connectivity index (χ3v) is 5.75. The van der Waals surface area contributed by atoms with Crippen molar-refractivity contribution in [1.29, 1.82) is 0 Å². The van der Waals surface area contributed by atoms with Crippen molar-refractivity contribution in [2.75, 3.05) is 6.61 Å². The number of carboxylic acids is 1. The molecular weight excluding hydrogens is 420 g/mol. The minimum Gasteiger partial charge on any atom is -0.494 e. The first-order chi connectivity index (χ1) is 14.9. The van der Waals surface area contributed by atoms with Crippen LogP contribution in [0.4, 0.5) is 0 Å². The van der Waals surface area contributed by atoms with E-state index in [0.29, 0.717) is 55.9 Å². The molecule has 6 nitrogen and oxygen atoms in total. The number of ether oxygens (including phenoxy) is 1. The molecule has 0 heterocycles. The molecule has 0 aromatic heterocycles. The molecule has 4 N–H and O–H groups in total. The lowest BCUT2D eigenvalue weighted by atomic mass is 9.89. The van der Waals surface area contributed by atoms with Gasteiger partial charge in [-0.15, -0.1) is 0 Å². The number of allylic oxidation sites excluding steroid dienone is 2. The van der Waals surface area contributed by atoms with E-state index in [1.807, 2.05) is 30.4 Å². The summed E-state index contributed by atoms with van der Waals surface area (Å²) in [4.78, 5) is 10.5. The number of carboxylic acid groups (broad SMARTS) is 1. The molecule has 5 atom stereocenters. The lowest BCUT2D eigenvalue weighted by Gasteiger charge is -2.19. The van der Waals surface area contributed by atoms with E-state index in [0.717, 1.165) is 0 Å². The predicted molar refractivity (Wildman–Crippen MR) is 120 cm³/mol. The Morgan fingerprint density at radius 1 is 1.23 bits per heavy atom. The van der Waals surface area contributed by atoms with Gasteiger partial charge in [-0.2, -0.15) is 0 Å². The zero-order valence-corrected chi connectivity index (χ0v) is 18.4. The van der Waals surface area contributed by atoms with Gasteiger partial charge in [0.05, 0.1) is 24.9 Å². The normalized spacial score (nSPS) is 24.8. The number of carbonyl (C=O) groups is 1. The minimum absolute atomic E-state index is 0.125. The molecule has 2 rings (SSSR count). The first-order valence-corrected chi connectivity index (χ1v) is 11.2. The second-order valence-corrected chi connectivity index (χ2v) is 8.44. The van der Waals surface area contributed by atoms with Gasteiger partial charge in [-0.3, -0.25) is 4.79 Å². The molecule has 1 saturated carbocycles. The number of rotatable bonds is 13. The fourth-order valence-corrected chi connectivity index (χ4v) is 4.02. The van der Waals surface area contributed by atoms with E-state index in [1.165, 1.54) is 0 Å². The SMILES string of the molecule is O=C(O)CCCC=CC[C@@H]1[C@@H](C=C[C@@H](O)CCCOc2cccc(Cl)c2)[C@H](O)C[C@@H]1O. The average Bonchev–Trinajstić information content (AvgIpc) is 2.98. The van der Waals surface area contributed by atoms with Gasteiger partial charge in [-0.05, 0) is 56.2 Å². The lowest BCUT2D eigenvalue weighted by Crippen LogP contribution is -2.20. The lowest BCUT2D eigenvalue weighted by molar-refractivity contribution is -0.137. The third-order valence-electron chi connectivity index (χ3n) is 5.52. The van der Waals surface area contributed by atoms with Gasteiger partial charge in [0.2, 0.25) is 0 Å². The fourth-order valence-electron chi connectivity index (χ4n) is 3.84. The van der Waals surface area contributed by atoms with Crippen LogP contribution in [0.2, 0.25) is 5.02 Å². The molecule has 0 unspecified atom stereocenters. The topological polar surface area (TPSA) is 107 Å². The van der Waals surface area contributed by atoms with Gasteiger partial charge in [0, 0.05) is 23.8 Å². The van der Waals surface area contributed by atoms with Crippen LogP contribution in [0, 0.1) is 11.8 Å². The van der Waals surface area contributed by atoms with Crippen LogP contribution in [-0.4, -0.2) is 51.3 Å². The van der Waals surface area contributed by atoms with Crippen LogP contribution in [0.15, 0.2) is 48.6 Å². The van der Waals surface area contributed by atoms with Gasteiger partial charge in [0.1, 0.15) is 5.75 Å². The molecule has 1 aliphatic rings. The van der Waals surface area contributed by atoms with E-state index >= 15 is 0 Å². The maximum Gasteiger partial charge on any atom is 0.303 e. The van der Waals surface area contributed by atoms with Gasteiger partial charge in [-0.25, -0.2) is 0 Å². The Labute approximate surface area is 188 Å². The smallest absolute Gasteiger partial charge is 0.303 e. The third kappa shape index (κ3) is 9.44. The molecule has 0 radical (unpaired) electrons. The highest BCUT2D eigenvalue weighted by Gasteiger charge is 2.39. The van der Waals surface area contributed by atoms with E-state index in [2.05, 4.69) is 0 Å². The van der Waals surface area contributed by atoms with Crippen molar-refractivity contribution in [3.05, 3.63) is 53.6 Å². The van der Waals surface area contributed by atoms with Crippen molar-refractivity contribution in [3.8, 4) is 5.75 Å². The number of aliphatic hydroxyl groups is 3. The zero-order valence-electron chi connectivity index (χ0n) is 17.6. The minimum atomic E-state index is -0.803. The second-order valence-electron chi connectivity index (χ2n) is 8.00. The number of unbranched alkanes of at least 4 members (excludes halogenated alkanes) is 1. The van der Waals surface area contributed by atoms with Gasteiger partial charge < -0.3 is 25.2 Å². The zero-order chi connectivity index (χ0) is 22.6. The maximum absolute atomic E-state index is 10.5. The van der Waals surface area contributed by atoms with E-state index in [4.69, 9.17) is 21.4 Å². The molecule has 0 bridgehead atoms. The number of aliphatic carboxylic acids is 1. The Hall–Kier alpha value is -1.86. The Bertz CT molecular complexity index is 735. The molecule has 0 amide bonds. The monoisotopic (exact) mass is 452 g/mol.